The lowest BCUT2D eigenvalue weighted by atomic mass is 10.3. The number of primary sulfonamides is 1. The van der Waals surface area contributed by atoms with Crippen LogP contribution >= 0.6 is 0 Å². The summed E-state index contributed by atoms with van der Waals surface area (Å²) in [5.74, 6) is 1.28. The Balaban J connectivity index is 1.37. The third kappa shape index (κ3) is 5.32. The average molecular weight is 444 g/mol. The molecule has 1 aliphatic heterocycles. The van der Waals surface area contributed by atoms with Gasteiger partial charge in [-0.1, -0.05) is 0 Å². The van der Waals surface area contributed by atoms with Crippen molar-refractivity contribution in [2.75, 3.05) is 37.3 Å². The van der Waals surface area contributed by atoms with E-state index >= 15 is 0 Å². The summed E-state index contributed by atoms with van der Waals surface area (Å²) in [7, 11) is -3.76. The molecule has 0 saturated carbocycles. The van der Waals surface area contributed by atoms with Crippen molar-refractivity contribution in [3.63, 3.8) is 0 Å². The summed E-state index contributed by atoms with van der Waals surface area (Å²) in [4.78, 5) is 6.63. The van der Waals surface area contributed by atoms with E-state index in [0.717, 1.165) is 31.1 Å². The van der Waals surface area contributed by atoms with Crippen LogP contribution in [0.1, 0.15) is 12.8 Å². The highest BCUT2D eigenvalue weighted by Crippen LogP contribution is 2.21. The molecule has 164 valence electrons. The Labute approximate surface area is 180 Å². The molecule has 3 aromatic rings. The molecule has 2 heterocycles. The molecule has 4 rings (SSSR count). The maximum absolute atomic E-state index is 11.4. The fourth-order valence-corrected chi connectivity index (χ4v) is 3.92. The van der Waals surface area contributed by atoms with Gasteiger partial charge in [0.1, 0.15) is 12.4 Å². The number of nitrogen functional groups attached to an aromatic ring is 1. The second-order valence-corrected chi connectivity index (χ2v) is 8.85. The molecule has 10 nitrogen and oxygen atoms in total. The van der Waals surface area contributed by atoms with Gasteiger partial charge in [-0.2, -0.15) is 9.67 Å². The number of aromatic nitrogens is 3. The molecule has 0 spiro atoms. The van der Waals surface area contributed by atoms with Crippen molar-refractivity contribution in [1.29, 1.82) is 0 Å². The van der Waals surface area contributed by atoms with E-state index in [9.17, 15) is 8.42 Å². The largest absolute Gasteiger partial charge is 0.492 e. The Morgan fingerprint density at radius 1 is 1.03 bits per heavy atom. The van der Waals surface area contributed by atoms with E-state index in [-0.39, 0.29) is 10.8 Å². The lowest BCUT2D eigenvalue weighted by molar-refractivity contribution is 0.238. The SMILES string of the molecule is Nc1nc(Nc2ccc(OCCN3CCCC3)cc2)nn1-c1ccc(S(N)(=O)=O)cc1. The number of anilines is 3. The van der Waals surface area contributed by atoms with Crippen LogP contribution in [0.5, 0.6) is 5.75 Å². The number of sulfonamides is 1. The fourth-order valence-electron chi connectivity index (χ4n) is 3.41. The van der Waals surface area contributed by atoms with E-state index in [1.54, 1.807) is 12.1 Å². The Morgan fingerprint density at radius 2 is 1.71 bits per heavy atom. The van der Waals surface area contributed by atoms with Gasteiger partial charge in [-0.05, 0) is 74.5 Å². The van der Waals surface area contributed by atoms with Gasteiger partial charge in [0.25, 0.3) is 0 Å². The predicted octanol–water partition coefficient (Wildman–Crippen LogP) is 1.72. The van der Waals surface area contributed by atoms with Crippen molar-refractivity contribution in [3.05, 3.63) is 48.5 Å². The predicted molar refractivity (Wildman–Crippen MR) is 118 cm³/mol. The van der Waals surface area contributed by atoms with Crippen molar-refractivity contribution in [2.24, 2.45) is 5.14 Å². The lowest BCUT2D eigenvalue weighted by Gasteiger charge is -2.15. The zero-order chi connectivity index (χ0) is 21.8. The number of hydrogen-bond donors (Lipinski definition) is 3. The Hall–Kier alpha value is -3.15. The van der Waals surface area contributed by atoms with Crippen molar-refractivity contribution in [3.8, 4) is 11.4 Å². The van der Waals surface area contributed by atoms with E-state index in [1.165, 1.54) is 29.7 Å². The van der Waals surface area contributed by atoms with Gasteiger partial charge in [0, 0.05) is 12.2 Å². The van der Waals surface area contributed by atoms with Crippen LogP contribution in [0.3, 0.4) is 0 Å². The number of ether oxygens (including phenoxy) is 1. The van der Waals surface area contributed by atoms with E-state index in [4.69, 9.17) is 15.6 Å². The molecule has 11 heteroatoms. The second kappa shape index (κ2) is 8.92. The molecule has 0 unspecified atom stereocenters. The molecule has 0 radical (unpaired) electrons. The molecule has 1 aliphatic rings. The average Bonchev–Trinajstić information content (AvgIpc) is 3.38. The van der Waals surface area contributed by atoms with Crippen molar-refractivity contribution >= 4 is 27.6 Å². The zero-order valence-corrected chi connectivity index (χ0v) is 17.8. The number of nitrogens with two attached hydrogens (primary N) is 2. The highest BCUT2D eigenvalue weighted by molar-refractivity contribution is 7.89. The fraction of sp³-hybridized carbons (Fsp3) is 0.300. The quantitative estimate of drug-likeness (QED) is 0.478. The number of nitrogens with zero attached hydrogens (tertiary/aromatic N) is 4. The molecule has 2 aromatic carbocycles. The smallest absolute Gasteiger partial charge is 0.248 e. The summed E-state index contributed by atoms with van der Waals surface area (Å²) < 4.78 is 30.0. The molecule has 0 atom stereocenters. The molecular formula is C20H25N7O3S. The van der Waals surface area contributed by atoms with Gasteiger partial charge in [-0.15, -0.1) is 5.10 Å². The molecule has 0 amide bonds. The van der Waals surface area contributed by atoms with Crippen LogP contribution in [0.2, 0.25) is 0 Å². The normalized spacial score (nSPS) is 14.6. The number of hydrogen-bond acceptors (Lipinski definition) is 8. The number of benzene rings is 2. The minimum Gasteiger partial charge on any atom is -0.492 e. The highest BCUT2D eigenvalue weighted by atomic mass is 32.2. The molecule has 0 bridgehead atoms. The highest BCUT2D eigenvalue weighted by Gasteiger charge is 2.13. The summed E-state index contributed by atoms with van der Waals surface area (Å²) in [6.07, 6.45) is 2.55. The van der Waals surface area contributed by atoms with Gasteiger partial charge < -0.3 is 15.8 Å². The topological polar surface area (TPSA) is 141 Å². The van der Waals surface area contributed by atoms with Gasteiger partial charge in [0.2, 0.25) is 21.9 Å². The van der Waals surface area contributed by atoms with Crippen LogP contribution in [0.15, 0.2) is 53.4 Å². The van der Waals surface area contributed by atoms with Crippen LogP contribution in [0, 0.1) is 0 Å². The van der Waals surface area contributed by atoms with Crippen molar-refractivity contribution < 1.29 is 13.2 Å². The van der Waals surface area contributed by atoms with Crippen LogP contribution in [-0.4, -0.2) is 54.3 Å². The monoisotopic (exact) mass is 443 g/mol. The van der Waals surface area contributed by atoms with E-state index in [2.05, 4.69) is 20.3 Å². The molecule has 1 fully saturated rings. The van der Waals surface area contributed by atoms with Crippen LogP contribution in [0.4, 0.5) is 17.6 Å². The number of nitrogens with one attached hydrogen (secondary N) is 1. The molecular weight excluding hydrogens is 418 g/mol. The molecule has 0 aliphatic carbocycles. The van der Waals surface area contributed by atoms with E-state index in [1.807, 2.05) is 24.3 Å². The number of rotatable bonds is 8. The Morgan fingerprint density at radius 3 is 2.35 bits per heavy atom. The van der Waals surface area contributed by atoms with Crippen LogP contribution < -0.4 is 20.9 Å². The maximum atomic E-state index is 11.4. The summed E-state index contributed by atoms with van der Waals surface area (Å²) in [6.45, 7) is 3.93. The minimum absolute atomic E-state index is 0.0102. The Bertz CT molecular complexity index is 1120. The molecule has 5 N–H and O–H groups in total. The first-order chi connectivity index (χ1) is 14.9. The van der Waals surface area contributed by atoms with Gasteiger partial charge >= 0.3 is 0 Å². The van der Waals surface area contributed by atoms with Gasteiger partial charge in [0.05, 0.1) is 10.6 Å². The minimum atomic E-state index is -3.76. The van der Waals surface area contributed by atoms with Crippen molar-refractivity contribution in [2.45, 2.75) is 17.7 Å². The van der Waals surface area contributed by atoms with E-state index < -0.39 is 10.0 Å². The van der Waals surface area contributed by atoms with Gasteiger partial charge in [0.15, 0.2) is 0 Å². The maximum Gasteiger partial charge on any atom is 0.248 e. The Kier molecular flexibility index (Phi) is 6.07. The second-order valence-electron chi connectivity index (χ2n) is 7.29. The summed E-state index contributed by atoms with van der Waals surface area (Å²) in [6, 6.07) is 13.4. The van der Waals surface area contributed by atoms with Crippen LogP contribution in [0.25, 0.3) is 5.69 Å². The van der Waals surface area contributed by atoms with E-state index in [0.29, 0.717) is 18.2 Å². The first-order valence-corrected chi connectivity index (χ1v) is 11.5. The standard InChI is InChI=1S/C20H25N7O3S/c21-19-24-20(25-27(19)16-5-9-18(10-6-16)31(22,28)29)23-15-3-7-17(8-4-15)30-14-13-26-11-1-2-12-26/h3-10H,1-2,11-14H2,(H2,22,28,29)(H3,21,23,24,25). The summed E-state index contributed by atoms with van der Waals surface area (Å²) in [5.41, 5.74) is 7.31. The summed E-state index contributed by atoms with van der Waals surface area (Å²) >= 11 is 0. The summed E-state index contributed by atoms with van der Waals surface area (Å²) in [5, 5.41) is 12.6. The number of likely N-dealkylation sites (tertiary alicyclic amines) is 1. The first kappa shape index (κ1) is 21.1. The zero-order valence-electron chi connectivity index (χ0n) is 16.9. The first-order valence-electron chi connectivity index (χ1n) is 9.96. The third-order valence-corrected chi connectivity index (χ3v) is 5.96. The van der Waals surface area contributed by atoms with Gasteiger partial charge in [-0.3, -0.25) is 4.90 Å². The van der Waals surface area contributed by atoms with Crippen LogP contribution in [-0.2, 0) is 10.0 Å². The van der Waals surface area contributed by atoms with Crippen molar-refractivity contribution in [1.82, 2.24) is 19.7 Å². The molecule has 1 aromatic heterocycles. The molecule has 1 saturated heterocycles. The lowest BCUT2D eigenvalue weighted by Crippen LogP contribution is -2.25. The molecule has 31 heavy (non-hydrogen) atoms. The third-order valence-electron chi connectivity index (χ3n) is 5.03. The van der Waals surface area contributed by atoms with Gasteiger partial charge in [-0.25, -0.2) is 13.6 Å².